The number of ether oxygens (including phenoxy) is 2. The molecular formula is C27H27N7O2S. The largest absolute Gasteiger partial charge is 0.497 e. The highest BCUT2D eigenvalue weighted by molar-refractivity contribution is 7.95. The Hall–Kier alpha value is -4.15. The van der Waals surface area contributed by atoms with Crippen LogP contribution in [0.3, 0.4) is 0 Å². The van der Waals surface area contributed by atoms with E-state index in [4.69, 9.17) is 14.5 Å². The predicted octanol–water partition coefficient (Wildman–Crippen LogP) is 5.22. The van der Waals surface area contributed by atoms with Gasteiger partial charge in [0.1, 0.15) is 23.1 Å². The number of hydrogen-bond donors (Lipinski definition) is 0. The van der Waals surface area contributed by atoms with Crippen LogP contribution < -0.4 is 14.4 Å². The van der Waals surface area contributed by atoms with Gasteiger partial charge in [-0.1, -0.05) is 6.07 Å². The third-order valence-electron chi connectivity index (χ3n) is 5.67. The third kappa shape index (κ3) is 5.50. The Morgan fingerprint density at radius 3 is 2.38 bits per heavy atom. The van der Waals surface area contributed by atoms with Crippen molar-refractivity contribution in [1.82, 2.24) is 28.2 Å². The van der Waals surface area contributed by atoms with Gasteiger partial charge in [-0.25, -0.2) is 14.3 Å². The maximum atomic E-state index is 5.56. The zero-order valence-electron chi connectivity index (χ0n) is 21.1. The number of fused-ring (bicyclic) bond motifs is 1. The molecule has 0 saturated heterocycles. The molecule has 0 aliphatic rings. The van der Waals surface area contributed by atoms with Gasteiger partial charge >= 0.3 is 0 Å². The molecule has 4 aromatic heterocycles. The van der Waals surface area contributed by atoms with Gasteiger partial charge in [0, 0.05) is 72.4 Å². The lowest BCUT2D eigenvalue weighted by molar-refractivity contribution is 0.394. The summed E-state index contributed by atoms with van der Waals surface area (Å²) in [5, 5.41) is 0. The first-order chi connectivity index (χ1) is 18.0. The van der Waals surface area contributed by atoms with Crippen molar-refractivity contribution in [2.75, 3.05) is 33.2 Å². The molecule has 5 rings (SSSR count). The highest BCUT2D eigenvalue weighted by Crippen LogP contribution is 2.34. The van der Waals surface area contributed by atoms with E-state index in [2.05, 4.69) is 19.9 Å². The molecule has 4 heterocycles. The molecule has 0 atom stereocenters. The molecule has 188 valence electrons. The summed E-state index contributed by atoms with van der Waals surface area (Å²) >= 11 is 1.56. The molecule has 9 nitrogen and oxygen atoms in total. The molecule has 10 heteroatoms. The van der Waals surface area contributed by atoms with Gasteiger partial charge in [-0.2, -0.15) is 0 Å². The van der Waals surface area contributed by atoms with Crippen LogP contribution in [0.15, 0.2) is 79.5 Å². The summed E-state index contributed by atoms with van der Waals surface area (Å²) in [6.07, 6.45) is 9.17. The van der Waals surface area contributed by atoms with Gasteiger partial charge in [0.05, 0.1) is 37.5 Å². The molecule has 1 aromatic carbocycles. The quantitative estimate of drug-likeness (QED) is 0.247. The number of anilines is 2. The molecule has 5 aromatic rings. The van der Waals surface area contributed by atoms with Crippen molar-refractivity contribution in [3.05, 3.63) is 85.3 Å². The van der Waals surface area contributed by atoms with Crippen molar-refractivity contribution in [3.8, 4) is 22.6 Å². The average molecular weight is 514 g/mol. The molecule has 0 fully saturated rings. The molecule has 37 heavy (non-hydrogen) atoms. The molecule has 0 spiro atoms. The third-order valence-corrected chi connectivity index (χ3v) is 6.51. The van der Waals surface area contributed by atoms with Gasteiger partial charge in [-0.05, 0) is 38.4 Å². The molecule has 0 unspecified atom stereocenters. The Labute approximate surface area is 220 Å². The van der Waals surface area contributed by atoms with Crippen LogP contribution in [0.2, 0.25) is 0 Å². The maximum absolute atomic E-state index is 5.56. The van der Waals surface area contributed by atoms with Crippen molar-refractivity contribution in [2.24, 2.45) is 0 Å². The van der Waals surface area contributed by atoms with Gasteiger partial charge in [0.15, 0.2) is 0 Å². The minimum absolute atomic E-state index is 0.471. The second-order valence-electron chi connectivity index (χ2n) is 8.39. The van der Waals surface area contributed by atoms with E-state index in [1.54, 1.807) is 38.7 Å². The van der Waals surface area contributed by atoms with Crippen molar-refractivity contribution in [3.63, 3.8) is 0 Å². The molecule has 0 amide bonds. The standard InChI is InChI=1S/C27H27N7O2S/c1-32(2)37-34-11-10-29-27(34)18-33(21-13-22(35-3)15-23(14-21)36-4)26-8-7-24-25(31-26)12-20(17-30-24)19-6-5-9-28-16-19/h5-17H,18H2,1-4H3. The van der Waals surface area contributed by atoms with E-state index in [1.165, 1.54) is 0 Å². The van der Waals surface area contributed by atoms with Gasteiger partial charge in [-0.3, -0.25) is 13.9 Å². The fourth-order valence-corrected chi connectivity index (χ4v) is 4.58. The predicted molar refractivity (Wildman–Crippen MR) is 147 cm³/mol. The van der Waals surface area contributed by atoms with Crippen LogP contribution in [0.5, 0.6) is 11.5 Å². The van der Waals surface area contributed by atoms with E-state index in [1.807, 2.05) is 89.5 Å². The summed E-state index contributed by atoms with van der Waals surface area (Å²) in [5.74, 6) is 2.99. The van der Waals surface area contributed by atoms with Gasteiger partial charge in [0.2, 0.25) is 0 Å². The smallest absolute Gasteiger partial charge is 0.139 e. The van der Waals surface area contributed by atoms with Crippen LogP contribution in [-0.4, -0.2) is 56.5 Å². The van der Waals surface area contributed by atoms with Crippen LogP contribution in [0, 0.1) is 0 Å². The van der Waals surface area contributed by atoms with Crippen molar-refractivity contribution >= 4 is 34.7 Å². The monoisotopic (exact) mass is 513 g/mol. The van der Waals surface area contributed by atoms with Crippen LogP contribution in [0.25, 0.3) is 22.2 Å². The molecule has 0 N–H and O–H groups in total. The number of benzene rings is 1. The second-order valence-corrected chi connectivity index (χ2v) is 9.68. The van der Waals surface area contributed by atoms with Crippen molar-refractivity contribution in [1.29, 1.82) is 0 Å². The number of hydrogen-bond acceptors (Lipinski definition) is 9. The van der Waals surface area contributed by atoms with Crippen LogP contribution in [0.1, 0.15) is 5.82 Å². The van der Waals surface area contributed by atoms with E-state index < -0.39 is 0 Å². The first kappa shape index (κ1) is 24.5. The van der Waals surface area contributed by atoms with Crippen molar-refractivity contribution in [2.45, 2.75) is 6.54 Å². The number of rotatable bonds is 9. The minimum atomic E-state index is 0.471. The first-order valence-electron chi connectivity index (χ1n) is 11.6. The lowest BCUT2D eigenvalue weighted by atomic mass is 10.1. The fourth-order valence-electron chi connectivity index (χ4n) is 3.92. The number of pyridine rings is 3. The number of methoxy groups -OCH3 is 2. The normalized spacial score (nSPS) is 11.2. The molecule has 0 radical (unpaired) electrons. The van der Waals surface area contributed by atoms with Crippen LogP contribution in [-0.2, 0) is 6.54 Å². The molecule has 0 saturated carbocycles. The summed E-state index contributed by atoms with van der Waals surface area (Å²) in [4.78, 5) is 20.6. The Morgan fingerprint density at radius 2 is 1.68 bits per heavy atom. The zero-order valence-corrected chi connectivity index (χ0v) is 21.9. The number of nitrogens with zero attached hydrogens (tertiary/aromatic N) is 7. The molecule has 0 bridgehead atoms. The Kier molecular flexibility index (Phi) is 7.20. The zero-order chi connectivity index (χ0) is 25.8. The lowest BCUT2D eigenvalue weighted by Crippen LogP contribution is -2.20. The molecule has 0 aliphatic carbocycles. The lowest BCUT2D eigenvalue weighted by Gasteiger charge is -2.25. The number of aromatic nitrogens is 5. The Balaban J connectivity index is 1.61. The summed E-state index contributed by atoms with van der Waals surface area (Å²) in [6, 6.07) is 15.7. The van der Waals surface area contributed by atoms with E-state index >= 15 is 0 Å². The topological polar surface area (TPSA) is 81.4 Å². The van der Waals surface area contributed by atoms with E-state index in [0.29, 0.717) is 18.0 Å². The summed E-state index contributed by atoms with van der Waals surface area (Å²) in [5.41, 5.74) is 4.40. The molecule has 0 aliphatic heterocycles. The van der Waals surface area contributed by atoms with Crippen LogP contribution in [0.4, 0.5) is 11.5 Å². The average Bonchev–Trinajstić information content (AvgIpc) is 3.36. The highest BCUT2D eigenvalue weighted by atomic mass is 32.2. The summed E-state index contributed by atoms with van der Waals surface area (Å²) < 4.78 is 15.2. The SMILES string of the molecule is COc1cc(OC)cc(N(Cc2nccn2SN(C)C)c2ccc3ncc(-c4cccnc4)cc3n2)c1. The first-order valence-corrected chi connectivity index (χ1v) is 12.3. The number of imidazole rings is 1. The van der Waals surface area contributed by atoms with Gasteiger partial charge < -0.3 is 14.4 Å². The maximum Gasteiger partial charge on any atom is 0.139 e. The van der Waals surface area contributed by atoms with Gasteiger partial charge in [-0.15, -0.1) is 0 Å². The Bertz CT molecular complexity index is 1490. The minimum Gasteiger partial charge on any atom is -0.497 e. The summed E-state index contributed by atoms with van der Waals surface area (Å²) in [6.45, 7) is 0.471. The Morgan fingerprint density at radius 1 is 0.865 bits per heavy atom. The van der Waals surface area contributed by atoms with Gasteiger partial charge in [0.25, 0.3) is 0 Å². The second kappa shape index (κ2) is 10.9. The van der Waals surface area contributed by atoms with E-state index in [-0.39, 0.29) is 0 Å². The summed E-state index contributed by atoms with van der Waals surface area (Å²) in [7, 11) is 7.28. The van der Waals surface area contributed by atoms with Crippen LogP contribution >= 0.6 is 12.1 Å². The highest BCUT2D eigenvalue weighted by Gasteiger charge is 2.18. The molecular weight excluding hydrogens is 486 g/mol. The van der Waals surface area contributed by atoms with E-state index in [0.717, 1.165) is 39.5 Å². The van der Waals surface area contributed by atoms with Crippen molar-refractivity contribution < 1.29 is 9.47 Å². The van der Waals surface area contributed by atoms with E-state index in [9.17, 15) is 0 Å². The fraction of sp³-hybridized carbons (Fsp3) is 0.185.